The Balaban J connectivity index is 1.37. The maximum Gasteiger partial charge on any atom is 0.226 e. The third-order valence-electron chi connectivity index (χ3n) is 5.18. The summed E-state index contributed by atoms with van der Waals surface area (Å²) in [6, 6.07) is 6.01. The zero-order valence-corrected chi connectivity index (χ0v) is 17.6. The molecular formula is C21H29ClN4O2. The lowest BCUT2D eigenvalue weighted by molar-refractivity contribution is -0.121. The number of hydrogen-bond donors (Lipinski definition) is 1. The summed E-state index contributed by atoms with van der Waals surface area (Å²) in [6.07, 6.45) is 2.90. The average Bonchev–Trinajstić information content (AvgIpc) is 3.31. The van der Waals surface area contributed by atoms with E-state index in [1.54, 1.807) is 0 Å². The highest BCUT2D eigenvalue weighted by Gasteiger charge is 2.24. The Kier molecular flexibility index (Phi) is 6.94. The van der Waals surface area contributed by atoms with Crippen molar-refractivity contribution in [1.29, 1.82) is 0 Å². The van der Waals surface area contributed by atoms with E-state index in [4.69, 9.17) is 16.1 Å². The molecule has 2 heterocycles. The normalized spacial score (nSPS) is 16.8. The summed E-state index contributed by atoms with van der Waals surface area (Å²) in [5, 5.41) is 7.78. The van der Waals surface area contributed by atoms with Gasteiger partial charge in [-0.15, -0.1) is 0 Å². The van der Waals surface area contributed by atoms with Gasteiger partial charge < -0.3 is 14.7 Å². The van der Waals surface area contributed by atoms with Crippen molar-refractivity contribution in [2.75, 3.05) is 24.5 Å². The first kappa shape index (κ1) is 20.6. The van der Waals surface area contributed by atoms with Crippen LogP contribution in [0.3, 0.4) is 0 Å². The third-order valence-corrected chi connectivity index (χ3v) is 5.42. The zero-order chi connectivity index (χ0) is 20.1. The van der Waals surface area contributed by atoms with Crippen molar-refractivity contribution in [1.82, 2.24) is 15.5 Å². The molecule has 1 aromatic heterocycles. The Hall–Kier alpha value is -2.08. The maximum atomic E-state index is 12.1. The van der Waals surface area contributed by atoms with Crippen LogP contribution in [0.1, 0.15) is 56.3 Å². The fourth-order valence-electron chi connectivity index (χ4n) is 3.49. The first-order valence-corrected chi connectivity index (χ1v) is 10.4. The van der Waals surface area contributed by atoms with Crippen molar-refractivity contribution < 1.29 is 9.32 Å². The van der Waals surface area contributed by atoms with Crippen LogP contribution in [0.5, 0.6) is 0 Å². The van der Waals surface area contributed by atoms with Gasteiger partial charge in [-0.05, 0) is 43.4 Å². The van der Waals surface area contributed by atoms with E-state index in [1.165, 1.54) is 11.3 Å². The molecule has 1 unspecified atom stereocenters. The molecular weight excluding hydrogens is 376 g/mol. The third kappa shape index (κ3) is 5.47. The fourth-order valence-corrected chi connectivity index (χ4v) is 3.66. The highest BCUT2D eigenvalue weighted by Crippen LogP contribution is 2.29. The van der Waals surface area contributed by atoms with E-state index in [-0.39, 0.29) is 11.8 Å². The molecule has 0 saturated carbocycles. The summed E-state index contributed by atoms with van der Waals surface area (Å²) in [6.45, 7) is 8.82. The molecule has 3 rings (SSSR count). The number of benzene rings is 1. The lowest BCUT2D eigenvalue weighted by Gasteiger charge is -2.21. The zero-order valence-electron chi connectivity index (χ0n) is 16.9. The van der Waals surface area contributed by atoms with Gasteiger partial charge in [-0.2, -0.15) is 4.98 Å². The molecule has 0 spiro atoms. The van der Waals surface area contributed by atoms with Crippen LogP contribution in [0.4, 0.5) is 5.69 Å². The molecule has 0 radical (unpaired) electrons. The molecule has 1 amide bonds. The molecule has 1 saturated heterocycles. The van der Waals surface area contributed by atoms with E-state index in [9.17, 15) is 4.79 Å². The van der Waals surface area contributed by atoms with Crippen LogP contribution in [-0.4, -0.2) is 35.7 Å². The van der Waals surface area contributed by atoms with Crippen LogP contribution in [0.2, 0.25) is 5.02 Å². The molecule has 1 aliphatic rings. The molecule has 1 fully saturated rings. The lowest BCUT2D eigenvalue weighted by atomic mass is 10.1. The molecule has 6 nitrogen and oxygen atoms in total. The van der Waals surface area contributed by atoms with E-state index >= 15 is 0 Å². The van der Waals surface area contributed by atoms with Gasteiger partial charge in [-0.1, -0.05) is 36.7 Å². The number of anilines is 1. The molecule has 0 aliphatic carbocycles. The average molecular weight is 405 g/mol. The van der Waals surface area contributed by atoms with Gasteiger partial charge in [-0.3, -0.25) is 4.79 Å². The summed E-state index contributed by atoms with van der Waals surface area (Å²) in [7, 11) is 0. The van der Waals surface area contributed by atoms with Crippen molar-refractivity contribution in [3.8, 4) is 0 Å². The first-order valence-electron chi connectivity index (χ1n) is 10.0. The molecule has 1 N–H and O–H groups in total. The van der Waals surface area contributed by atoms with E-state index in [1.807, 2.05) is 26.0 Å². The standard InChI is InChI=1S/C21H29ClN4O2/c1-14(2)21-24-20(28-25-21)6-4-5-19(27)23-12-16-9-10-26(13-16)18-11-17(22)8-7-15(18)3/h7-8,11,14,16H,4-6,9-10,12-13H2,1-3H3,(H,23,27). The summed E-state index contributed by atoms with van der Waals surface area (Å²) in [4.78, 5) is 18.8. The van der Waals surface area contributed by atoms with Gasteiger partial charge in [0, 0.05) is 49.1 Å². The van der Waals surface area contributed by atoms with Crippen molar-refractivity contribution in [3.05, 3.63) is 40.5 Å². The highest BCUT2D eigenvalue weighted by molar-refractivity contribution is 6.30. The van der Waals surface area contributed by atoms with Gasteiger partial charge >= 0.3 is 0 Å². The van der Waals surface area contributed by atoms with Crippen LogP contribution in [0.25, 0.3) is 0 Å². The van der Waals surface area contributed by atoms with Gasteiger partial charge in [0.1, 0.15) is 0 Å². The molecule has 7 heteroatoms. The summed E-state index contributed by atoms with van der Waals surface area (Å²) < 4.78 is 5.21. The van der Waals surface area contributed by atoms with Gasteiger partial charge in [0.2, 0.25) is 11.8 Å². The number of rotatable bonds is 8. The van der Waals surface area contributed by atoms with Gasteiger partial charge in [0.25, 0.3) is 0 Å². The van der Waals surface area contributed by atoms with E-state index in [0.29, 0.717) is 37.6 Å². The van der Waals surface area contributed by atoms with Crippen LogP contribution < -0.4 is 10.2 Å². The number of carbonyl (C=O) groups is 1. The number of amides is 1. The second-order valence-corrected chi connectivity index (χ2v) is 8.33. The predicted octanol–water partition coefficient (Wildman–Crippen LogP) is 4.12. The Morgan fingerprint density at radius 3 is 3.00 bits per heavy atom. The highest BCUT2D eigenvalue weighted by atomic mass is 35.5. The Morgan fingerprint density at radius 2 is 2.25 bits per heavy atom. The second kappa shape index (κ2) is 9.41. The van der Waals surface area contributed by atoms with E-state index in [2.05, 4.69) is 33.3 Å². The minimum absolute atomic E-state index is 0.0842. The van der Waals surface area contributed by atoms with Crippen molar-refractivity contribution in [2.24, 2.45) is 5.92 Å². The SMILES string of the molecule is Cc1ccc(Cl)cc1N1CCC(CNC(=O)CCCc2nc(C(C)C)no2)C1. The predicted molar refractivity (Wildman–Crippen MR) is 111 cm³/mol. The minimum Gasteiger partial charge on any atom is -0.371 e. The minimum atomic E-state index is 0.0842. The van der Waals surface area contributed by atoms with Gasteiger partial charge in [0.15, 0.2) is 5.82 Å². The number of carbonyl (C=O) groups excluding carboxylic acids is 1. The first-order chi connectivity index (χ1) is 13.4. The molecule has 1 aliphatic heterocycles. The van der Waals surface area contributed by atoms with Crippen molar-refractivity contribution >= 4 is 23.2 Å². The van der Waals surface area contributed by atoms with E-state index < -0.39 is 0 Å². The van der Waals surface area contributed by atoms with Crippen molar-refractivity contribution in [2.45, 2.75) is 52.4 Å². The van der Waals surface area contributed by atoms with Crippen LogP contribution >= 0.6 is 11.6 Å². The largest absolute Gasteiger partial charge is 0.371 e. The second-order valence-electron chi connectivity index (χ2n) is 7.89. The fraction of sp³-hybridized carbons (Fsp3) is 0.571. The molecule has 152 valence electrons. The molecule has 1 atom stereocenters. The lowest BCUT2D eigenvalue weighted by Crippen LogP contribution is -2.31. The van der Waals surface area contributed by atoms with Gasteiger partial charge in [-0.25, -0.2) is 0 Å². The number of nitrogens with zero attached hydrogens (tertiary/aromatic N) is 3. The maximum absolute atomic E-state index is 12.1. The Morgan fingerprint density at radius 1 is 1.43 bits per heavy atom. The van der Waals surface area contributed by atoms with E-state index in [0.717, 1.165) is 30.4 Å². The van der Waals surface area contributed by atoms with Crippen molar-refractivity contribution in [3.63, 3.8) is 0 Å². The van der Waals surface area contributed by atoms with Gasteiger partial charge in [0.05, 0.1) is 0 Å². The quantitative estimate of drug-likeness (QED) is 0.716. The Labute approximate surface area is 171 Å². The molecule has 0 bridgehead atoms. The number of nitrogens with one attached hydrogen (secondary N) is 1. The topological polar surface area (TPSA) is 71.3 Å². The van der Waals surface area contributed by atoms with Crippen LogP contribution in [-0.2, 0) is 11.2 Å². The molecule has 28 heavy (non-hydrogen) atoms. The molecule has 1 aromatic carbocycles. The monoisotopic (exact) mass is 404 g/mol. The van der Waals surface area contributed by atoms with Crippen LogP contribution in [0, 0.1) is 12.8 Å². The summed E-state index contributed by atoms with van der Waals surface area (Å²) in [5.74, 6) is 2.13. The summed E-state index contributed by atoms with van der Waals surface area (Å²) >= 11 is 6.15. The number of aryl methyl sites for hydroxylation is 2. The number of hydrogen-bond acceptors (Lipinski definition) is 5. The molecule has 2 aromatic rings. The summed E-state index contributed by atoms with van der Waals surface area (Å²) in [5.41, 5.74) is 2.43. The smallest absolute Gasteiger partial charge is 0.226 e. The number of halogens is 1. The number of aromatic nitrogens is 2. The Bertz CT molecular complexity index is 805. The van der Waals surface area contributed by atoms with Crippen LogP contribution in [0.15, 0.2) is 22.7 Å².